The number of hydrogen-bond acceptors (Lipinski definition) is 1. The summed E-state index contributed by atoms with van der Waals surface area (Å²) >= 11 is 0. The summed E-state index contributed by atoms with van der Waals surface area (Å²) < 4.78 is 0. The van der Waals surface area contributed by atoms with Crippen LogP contribution in [0.25, 0.3) is 0 Å². The molecule has 0 aliphatic rings. The van der Waals surface area contributed by atoms with Crippen LogP contribution < -0.4 is 0 Å². The molecular weight excluding hydrogens is 73.0 g/mol. The maximum Gasteiger partial charge on any atom is 0.0657 e. The second kappa shape index (κ2) is 2.90. The van der Waals surface area contributed by atoms with Crippen molar-refractivity contribution in [3.63, 3.8) is 0 Å². The van der Waals surface area contributed by atoms with Gasteiger partial charge in [-0.15, -0.1) is 5.21 Å². The summed E-state index contributed by atoms with van der Waals surface area (Å²) in [6.07, 6.45) is 0. The van der Waals surface area contributed by atoms with E-state index in [2.05, 4.69) is 14.4 Å². The van der Waals surface area contributed by atoms with Gasteiger partial charge >= 0.3 is 0 Å². The van der Waals surface area contributed by atoms with Gasteiger partial charge in [-0.2, -0.15) is 0 Å². The molecule has 0 aliphatic carbocycles. The summed E-state index contributed by atoms with van der Waals surface area (Å²) in [6, 6.07) is 0. The fraction of sp³-hybridized carbons (Fsp3) is 0. The predicted molar refractivity (Wildman–Crippen MR) is 18.9 cm³/mol. The first kappa shape index (κ1) is 3.90. The highest BCUT2D eigenvalue weighted by atomic mass is 31.0. The van der Waals surface area contributed by atoms with Crippen LogP contribution in [0.4, 0.5) is 0 Å². The van der Waals surface area contributed by atoms with Gasteiger partial charge < -0.3 is 0 Å². The molecule has 0 saturated carbocycles. The fourth-order valence-electron chi connectivity index (χ4n) is 0. The number of hydrogen-bond donors (Lipinski definition) is 0. The molecule has 0 saturated heterocycles. The summed E-state index contributed by atoms with van der Waals surface area (Å²) in [4.78, 5) is 0. The largest absolute Gasteiger partial charge is 0.145 e. The Morgan fingerprint density at radius 1 is 2.00 bits per heavy atom. The van der Waals surface area contributed by atoms with Crippen LogP contribution in [-0.2, 0) is 5.21 Å². The van der Waals surface area contributed by atoms with Crippen molar-refractivity contribution in [3.05, 3.63) is 0 Å². The van der Waals surface area contributed by atoms with E-state index in [1.165, 1.54) is 0 Å². The number of nitrogens with zero attached hydrogens (tertiary/aromatic N) is 1. The lowest BCUT2D eigenvalue weighted by Crippen LogP contribution is -1.38. The zero-order valence-corrected chi connectivity index (χ0v) is 3.16. The van der Waals surface area contributed by atoms with Crippen molar-refractivity contribution in [2.24, 2.45) is 5.16 Å². The Balaban J connectivity index is 2.55. The second-order valence-corrected chi connectivity index (χ2v) is 0.553. The Bertz CT molecular complexity index is 23.2. The van der Waals surface area contributed by atoms with Crippen LogP contribution >= 0.6 is 9.24 Å². The molecule has 4 heavy (non-hydrogen) atoms. The molecule has 0 bridgehead atoms. The number of rotatable bonds is 0. The van der Waals surface area contributed by atoms with Gasteiger partial charge in [-0.3, -0.25) is 0 Å². The van der Waals surface area contributed by atoms with Gasteiger partial charge in [0.05, 0.1) is 5.96 Å². The third kappa shape index (κ3) is 1.90. The van der Waals surface area contributed by atoms with Crippen LogP contribution in [0.3, 0.4) is 0 Å². The van der Waals surface area contributed by atoms with Crippen molar-refractivity contribution in [2.45, 2.75) is 0 Å². The van der Waals surface area contributed by atoms with Gasteiger partial charge in [-0.05, 0) is 5.16 Å². The van der Waals surface area contributed by atoms with E-state index in [1.54, 1.807) is 0 Å². The van der Waals surface area contributed by atoms with Gasteiger partial charge in [0, 0.05) is 0 Å². The van der Waals surface area contributed by atoms with E-state index in [1.807, 2.05) is 0 Å². The highest BCUT2D eigenvalue weighted by Gasteiger charge is 1.39. The van der Waals surface area contributed by atoms with E-state index < -0.39 is 0 Å². The van der Waals surface area contributed by atoms with E-state index in [0.717, 1.165) is 5.96 Å². The molecule has 3 heteroatoms. The molecule has 23 valence electrons. The summed E-state index contributed by atoms with van der Waals surface area (Å²) in [5, 5.41) is 11.2. The van der Waals surface area contributed by atoms with Gasteiger partial charge in [0.25, 0.3) is 0 Å². The third-order valence-corrected chi connectivity index (χ3v) is 0.183. The van der Waals surface area contributed by atoms with E-state index in [0.29, 0.717) is 0 Å². The summed E-state index contributed by atoms with van der Waals surface area (Å²) in [6.45, 7) is 0. The van der Waals surface area contributed by atoms with E-state index in [4.69, 9.17) is 5.21 Å². The minimum atomic E-state index is 1.11. The van der Waals surface area contributed by atoms with Gasteiger partial charge in [-0.1, -0.05) is 9.24 Å². The molecule has 0 N–H and O–H groups in total. The van der Waals surface area contributed by atoms with Crippen molar-refractivity contribution in [3.8, 4) is 0 Å². The average molecular weight is 76.0 g/mol. The van der Waals surface area contributed by atoms with Crippen molar-refractivity contribution >= 4 is 15.2 Å². The monoisotopic (exact) mass is 76.0 g/mol. The van der Waals surface area contributed by atoms with Gasteiger partial charge in [0.15, 0.2) is 0 Å². The Kier molecular flexibility index (Phi) is 2.83. The molecule has 1 radical (unpaired) electrons. The lowest BCUT2D eigenvalue weighted by atomic mass is 11.7. The molecule has 0 spiro atoms. The standard InChI is InChI=1S/CH3NOP/c3-2-1-4/h1H,4H2/b2-1+. The maximum absolute atomic E-state index is 8.85. The highest BCUT2D eigenvalue weighted by molar-refractivity contribution is 7.36. The van der Waals surface area contributed by atoms with Gasteiger partial charge in [-0.25, -0.2) is 0 Å². The van der Waals surface area contributed by atoms with Crippen LogP contribution in [0, 0.1) is 0 Å². The molecular formula is CH3NOP. The quantitative estimate of drug-likeness (QED) is 0.225. The van der Waals surface area contributed by atoms with Crippen molar-refractivity contribution < 1.29 is 5.21 Å². The molecule has 0 fully saturated rings. The Hall–Kier alpha value is -0.100. The van der Waals surface area contributed by atoms with E-state index in [9.17, 15) is 0 Å². The first-order valence-corrected chi connectivity index (χ1v) is 1.44. The lowest BCUT2D eigenvalue weighted by molar-refractivity contribution is 0.212. The summed E-state index contributed by atoms with van der Waals surface area (Å²) in [5.74, 6) is 1.11. The average Bonchev–Trinajstić information content (AvgIpc) is 1.37. The minimum absolute atomic E-state index is 1.11. The molecule has 0 rings (SSSR count). The normalized spacial score (nSPS) is 9.25. The van der Waals surface area contributed by atoms with Crippen LogP contribution in [0.1, 0.15) is 0 Å². The van der Waals surface area contributed by atoms with Crippen molar-refractivity contribution in [1.82, 2.24) is 0 Å². The summed E-state index contributed by atoms with van der Waals surface area (Å²) in [5.41, 5.74) is 0. The molecule has 0 heterocycles. The minimum Gasteiger partial charge on any atom is -0.145 e. The topological polar surface area (TPSA) is 32.3 Å². The first-order chi connectivity index (χ1) is 1.91. The predicted octanol–water partition coefficient (Wildman–Crippen LogP) is 0.235. The van der Waals surface area contributed by atoms with Crippen LogP contribution in [0.15, 0.2) is 5.16 Å². The Morgan fingerprint density at radius 2 is 2.25 bits per heavy atom. The van der Waals surface area contributed by atoms with Crippen molar-refractivity contribution in [1.29, 1.82) is 0 Å². The van der Waals surface area contributed by atoms with Gasteiger partial charge in [0.1, 0.15) is 0 Å². The molecule has 1 atom stereocenters. The molecule has 0 aliphatic heterocycles. The van der Waals surface area contributed by atoms with Crippen molar-refractivity contribution in [2.75, 3.05) is 0 Å². The first-order valence-electron chi connectivity index (χ1n) is 0.774. The highest BCUT2D eigenvalue weighted by Crippen LogP contribution is 1.62. The zero-order valence-electron chi connectivity index (χ0n) is 2.01. The van der Waals surface area contributed by atoms with Crippen LogP contribution in [0.2, 0.25) is 0 Å². The third-order valence-electron chi connectivity index (χ3n) is 0.0609. The van der Waals surface area contributed by atoms with Crippen LogP contribution in [-0.4, -0.2) is 5.96 Å². The molecule has 0 aromatic heterocycles. The fourth-order valence-corrected chi connectivity index (χ4v) is 0. The SMILES string of the molecule is [O]/N=C/P. The molecule has 1 unspecified atom stereocenters. The molecule has 2 nitrogen and oxygen atoms in total. The van der Waals surface area contributed by atoms with Gasteiger partial charge in [0.2, 0.25) is 0 Å². The van der Waals surface area contributed by atoms with E-state index >= 15 is 0 Å². The molecule has 0 amide bonds. The Labute approximate surface area is 26.7 Å². The zero-order chi connectivity index (χ0) is 3.41. The van der Waals surface area contributed by atoms with E-state index in [-0.39, 0.29) is 0 Å². The van der Waals surface area contributed by atoms with Crippen LogP contribution in [0.5, 0.6) is 0 Å². The lowest BCUT2D eigenvalue weighted by Gasteiger charge is -1.45. The molecule has 0 aromatic rings. The maximum atomic E-state index is 8.85. The Morgan fingerprint density at radius 3 is 2.25 bits per heavy atom. The summed E-state index contributed by atoms with van der Waals surface area (Å²) in [7, 11) is 2.05. The second-order valence-electron chi connectivity index (χ2n) is 0.254. The smallest absolute Gasteiger partial charge is 0.0657 e. The molecule has 0 aromatic carbocycles.